The van der Waals surface area contributed by atoms with Gasteiger partial charge in [-0.25, -0.2) is 15.4 Å². The molecule has 0 radical (unpaired) electrons. The highest BCUT2D eigenvalue weighted by Crippen LogP contribution is 2.15. The molecule has 3 rings (SSSR count). The Bertz CT molecular complexity index is 774. The van der Waals surface area contributed by atoms with Crippen LogP contribution in [0.3, 0.4) is 0 Å². The SMILES string of the molecule is O=C1CCC(C(=O)NCCc2nccc(-c3ccccc3)n2)=NN1. The van der Waals surface area contributed by atoms with Gasteiger partial charge in [-0.3, -0.25) is 9.59 Å². The van der Waals surface area contributed by atoms with E-state index in [2.05, 4.69) is 25.8 Å². The molecule has 1 aliphatic rings. The number of nitrogens with one attached hydrogen (secondary N) is 2. The molecule has 0 saturated heterocycles. The maximum Gasteiger partial charge on any atom is 0.267 e. The number of carbonyl (C=O) groups is 2. The highest BCUT2D eigenvalue weighted by atomic mass is 16.2. The van der Waals surface area contributed by atoms with Crippen molar-refractivity contribution < 1.29 is 9.59 Å². The van der Waals surface area contributed by atoms with Crippen molar-refractivity contribution >= 4 is 17.5 Å². The number of amides is 2. The largest absolute Gasteiger partial charge is 0.350 e. The molecule has 0 aliphatic carbocycles. The van der Waals surface area contributed by atoms with Crippen LogP contribution in [0.1, 0.15) is 18.7 Å². The van der Waals surface area contributed by atoms with Crippen molar-refractivity contribution in [3.8, 4) is 11.3 Å². The molecule has 1 aromatic carbocycles. The summed E-state index contributed by atoms with van der Waals surface area (Å²) in [4.78, 5) is 31.7. The fourth-order valence-corrected chi connectivity index (χ4v) is 2.32. The highest BCUT2D eigenvalue weighted by Gasteiger charge is 2.17. The van der Waals surface area contributed by atoms with Crippen LogP contribution >= 0.6 is 0 Å². The molecular weight excluding hydrogens is 306 g/mol. The van der Waals surface area contributed by atoms with Crippen LogP contribution in [0.15, 0.2) is 47.7 Å². The molecule has 0 unspecified atom stereocenters. The van der Waals surface area contributed by atoms with Crippen molar-refractivity contribution in [3.63, 3.8) is 0 Å². The molecule has 0 fully saturated rings. The molecule has 122 valence electrons. The van der Waals surface area contributed by atoms with Gasteiger partial charge in [-0.2, -0.15) is 5.10 Å². The Morgan fingerprint density at radius 3 is 2.75 bits per heavy atom. The molecule has 2 amide bonds. The van der Waals surface area contributed by atoms with Gasteiger partial charge >= 0.3 is 0 Å². The lowest BCUT2D eigenvalue weighted by molar-refractivity contribution is -0.121. The number of carbonyl (C=O) groups excluding carboxylic acids is 2. The molecule has 0 spiro atoms. The van der Waals surface area contributed by atoms with Crippen LogP contribution in [-0.4, -0.2) is 34.0 Å². The van der Waals surface area contributed by atoms with E-state index in [0.717, 1.165) is 11.3 Å². The fourth-order valence-electron chi connectivity index (χ4n) is 2.32. The zero-order chi connectivity index (χ0) is 16.8. The Morgan fingerprint density at radius 1 is 1.17 bits per heavy atom. The van der Waals surface area contributed by atoms with Crippen molar-refractivity contribution in [2.75, 3.05) is 6.54 Å². The molecule has 1 aliphatic heterocycles. The number of rotatable bonds is 5. The second-order valence-corrected chi connectivity index (χ2v) is 5.32. The Kier molecular flexibility index (Phi) is 4.90. The van der Waals surface area contributed by atoms with E-state index in [4.69, 9.17) is 0 Å². The Hall–Kier alpha value is -3.09. The molecule has 0 bridgehead atoms. The Labute approximate surface area is 139 Å². The summed E-state index contributed by atoms with van der Waals surface area (Å²) < 4.78 is 0. The van der Waals surface area contributed by atoms with Crippen molar-refractivity contribution in [2.24, 2.45) is 5.10 Å². The predicted molar refractivity (Wildman–Crippen MR) is 89.0 cm³/mol. The summed E-state index contributed by atoms with van der Waals surface area (Å²) in [5, 5.41) is 6.54. The zero-order valence-electron chi connectivity index (χ0n) is 13.0. The first-order valence-corrected chi connectivity index (χ1v) is 7.73. The number of hydrogen-bond acceptors (Lipinski definition) is 5. The van der Waals surface area contributed by atoms with E-state index in [9.17, 15) is 9.59 Å². The summed E-state index contributed by atoms with van der Waals surface area (Å²) in [5.41, 5.74) is 4.53. The zero-order valence-corrected chi connectivity index (χ0v) is 13.0. The molecule has 2 N–H and O–H groups in total. The third-order valence-corrected chi connectivity index (χ3v) is 3.58. The van der Waals surface area contributed by atoms with Gasteiger partial charge in [0.05, 0.1) is 5.69 Å². The summed E-state index contributed by atoms with van der Waals surface area (Å²) in [5.74, 6) is 0.224. The third kappa shape index (κ3) is 4.01. The van der Waals surface area contributed by atoms with E-state index in [0.29, 0.717) is 30.9 Å². The van der Waals surface area contributed by atoms with E-state index >= 15 is 0 Å². The fraction of sp³-hybridized carbons (Fsp3) is 0.235. The molecular formula is C17H17N5O2. The van der Waals surface area contributed by atoms with Gasteiger partial charge in [0.25, 0.3) is 5.91 Å². The standard InChI is InChI=1S/C17H17N5O2/c23-16-7-6-14(21-22-16)17(24)19-11-9-15-18-10-8-13(20-15)12-4-2-1-3-5-12/h1-5,8,10H,6-7,9,11H2,(H,19,24)(H,22,23). The minimum Gasteiger partial charge on any atom is -0.350 e. The highest BCUT2D eigenvalue weighted by molar-refractivity contribution is 6.39. The lowest BCUT2D eigenvalue weighted by Gasteiger charge is -2.11. The molecule has 0 atom stereocenters. The summed E-state index contributed by atoms with van der Waals surface area (Å²) >= 11 is 0. The van der Waals surface area contributed by atoms with Crippen LogP contribution in [0, 0.1) is 0 Å². The minimum absolute atomic E-state index is 0.169. The molecule has 2 heterocycles. The van der Waals surface area contributed by atoms with Crippen molar-refractivity contribution in [1.82, 2.24) is 20.7 Å². The van der Waals surface area contributed by atoms with Crippen molar-refractivity contribution in [3.05, 3.63) is 48.4 Å². The smallest absolute Gasteiger partial charge is 0.267 e. The predicted octanol–water partition coefficient (Wildman–Crippen LogP) is 1.07. The molecule has 24 heavy (non-hydrogen) atoms. The number of hydrazone groups is 1. The van der Waals surface area contributed by atoms with Gasteiger partial charge in [0.2, 0.25) is 5.91 Å². The maximum atomic E-state index is 11.9. The topological polar surface area (TPSA) is 96.3 Å². The van der Waals surface area contributed by atoms with Gasteiger partial charge in [0, 0.05) is 37.6 Å². The van der Waals surface area contributed by atoms with Gasteiger partial charge in [0.15, 0.2) is 0 Å². The molecule has 0 saturated carbocycles. The lowest BCUT2D eigenvalue weighted by atomic mass is 10.1. The van der Waals surface area contributed by atoms with Crippen molar-refractivity contribution in [2.45, 2.75) is 19.3 Å². The van der Waals surface area contributed by atoms with E-state index in [1.807, 2.05) is 36.4 Å². The second kappa shape index (κ2) is 7.45. The first-order chi connectivity index (χ1) is 11.7. The lowest BCUT2D eigenvalue weighted by Crippen LogP contribution is -2.37. The minimum atomic E-state index is -0.269. The summed E-state index contributed by atoms with van der Waals surface area (Å²) in [6.45, 7) is 0.407. The number of nitrogens with zero attached hydrogens (tertiary/aromatic N) is 3. The average Bonchev–Trinajstić information content (AvgIpc) is 2.63. The van der Waals surface area contributed by atoms with Crippen LogP contribution in [0.4, 0.5) is 0 Å². The Morgan fingerprint density at radius 2 is 2.00 bits per heavy atom. The second-order valence-electron chi connectivity index (χ2n) is 5.32. The normalized spacial score (nSPS) is 13.8. The number of aromatic nitrogens is 2. The summed E-state index contributed by atoms with van der Waals surface area (Å²) in [7, 11) is 0. The van der Waals surface area contributed by atoms with E-state index in [-0.39, 0.29) is 18.2 Å². The maximum absolute atomic E-state index is 11.9. The van der Waals surface area contributed by atoms with E-state index < -0.39 is 0 Å². The summed E-state index contributed by atoms with van der Waals surface area (Å²) in [6, 6.07) is 11.7. The molecule has 1 aromatic heterocycles. The first-order valence-electron chi connectivity index (χ1n) is 7.73. The third-order valence-electron chi connectivity index (χ3n) is 3.58. The van der Waals surface area contributed by atoms with Crippen LogP contribution < -0.4 is 10.7 Å². The number of benzene rings is 1. The Balaban J connectivity index is 1.56. The number of hydrogen-bond donors (Lipinski definition) is 2. The quantitative estimate of drug-likeness (QED) is 0.860. The molecule has 2 aromatic rings. The molecule has 7 heteroatoms. The van der Waals surface area contributed by atoms with Gasteiger partial charge in [-0.15, -0.1) is 0 Å². The monoisotopic (exact) mass is 323 g/mol. The van der Waals surface area contributed by atoms with Gasteiger partial charge < -0.3 is 5.32 Å². The van der Waals surface area contributed by atoms with Gasteiger partial charge in [-0.1, -0.05) is 30.3 Å². The summed E-state index contributed by atoms with van der Waals surface area (Å²) in [6.07, 6.45) is 2.88. The van der Waals surface area contributed by atoms with Crippen LogP contribution in [0.5, 0.6) is 0 Å². The van der Waals surface area contributed by atoms with Crippen LogP contribution in [-0.2, 0) is 16.0 Å². The van der Waals surface area contributed by atoms with E-state index in [1.165, 1.54) is 0 Å². The van der Waals surface area contributed by atoms with E-state index in [1.54, 1.807) is 6.20 Å². The van der Waals surface area contributed by atoms with Gasteiger partial charge in [0.1, 0.15) is 11.5 Å². The average molecular weight is 323 g/mol. The van der Waals surface area contributed by atoms with Crippen LogP contribution in [0.25, 0.3) is 11.3 Å². The van der Waals surface area contributed by atoms with Crippen LogP contribution in [0.2, 0.25) is 0 Å². The molecule has 7 nitrogen and oxygen atoms in total. The first kappa shape index (κ1) is 15.8. The van der Waals surface area contributed by atoms with Crippen molar-refractivity contribution in [1.29, 1.82) is 0 Å². The van der Waals surface area contributed by atoms with Gasteiger partial charge in [-0.05, 0) is 6.07 Å².